The Labute approximate surface area is 137 Å². The summed E-state index contributed by atoms with van der Waals surface area (Å²) in [6.07, 6.45) is 6.96. The Morgan fingerprint density at radius 3 is 3.12 bits per heavy atom. The van der Waals surface area contributed by atoms with E-state index in [-0.39, 0.29) is 18.1 Å². The molecular formula is C15H17N7O2. The van der Waals surface area contributed by atoms with Crippen LogP contribution in [0, 0.1) is 0 Å². The fourth-order valence-electron chi connectivity index (χ4n) is 3.05. The molecule has 0 spiro atoms. The van der Waals surface area contributed by atoms with Crippen molar-refractivity contribution in [2.45, 2.75) is 12.0 Å². The lowest BCUT2D eigenvalue weighted by Crippen LogP contribution is -2.34. The Kier molecular flexibility index (Phi) is 3.62. The maximum atomic E-state index is 12.6. The third kappa shape index (κ3) is 2.58. The summed E-state index contributed by atoms with van der Waals surface area (Å²) in [6.45, 7) is 1.04. The van der Waals surface area contributed by atoms with Gasteiger partial charge in [0.25, 0.3) is 0 Å². The number of aromatic amines is 1. The number of imidazole rings is 1. The number of urea groups is 1. The molecule has 0 aromatic carbocycles. The van der Waals surface area contributed by atoms with Gasteiger partial charge in [0.1, 0.15) is 5.65 Å². The number of methoxy groups -OCH3 is 1. The number of likely N-dealkylation sites (tertiary alicyclic amines) is 1. The summed E-state index contributed by atoms with van der Waals surface area (Å²) in [5.41, 5.74) is 2.35. The SMILES string of the molecule is CO[C@@H]1CN(C(=O)Nc2ccc3nccn3c2)C[C@H]1c1cn[nH]n1. The lowest BCUT2D eigenvalue weighted by molar-refractivity contribution is 0.0987. The van der Waals surface area contributed by atoms with Crippen molar-refractivity contribution in [1.82, 2.24) is 29.7 Å². The van der Waals surface area contributed by atoms with Gasteiger partial charge < -0.3 is 19.4 Å². The Morgan fingerprint density at radius 1 is 1.42 bits per heavy atom. The first-order valence-corrected chi connectivity index (χ1v) is 7.61. The zero-order valence-electron chi connectivity index (χ0n) is 13.1. The quantitative estimate of drug-likeness (QED) is 0.750. The van der Waals surface area contributed by atoms with Crippen LogP contribution in [0.2, 0.25) is 0 Å². The van der Waals surface area contributed by atoms with Crippen LogP contribution in [0.4, 0.5) is 10.5 Å². The second-order valence-electron chi connectivity index (χ2n) is 5.72. The first kappa shape index (κ1) is 14.6. The zero-order valence-corrected chi connectivity index (χ0v) is 13.1. The summed E-state index contributed by atoms with van der Waals surface area (Å²) >= 11 is 0. The van der Waals surface area contributed by atoms with Gasteiger partial charge in [-0.25, -0.2) is 9.78 Å². The fourth-order valence-corrected chi connectivity index (χ4v) is 3.05. The number of nitrogens with one attached hydrogen (secondary N) is 2. The van der Waals surface area contributed by atoms with Crippen molar-refractivity contribution >= 4 is 17.4 Å². The van der Waals surface area contributed by atoms with E-state index in [2.05, 4.69) is 25.7 Å². The topological polar surface area (TPSA) is 100 Å². The van der Waals surface area contributed by atoms with Gasteiger partial charge in [-0.1, -0.05) is 0 Å². The van der Waals surface area contributed by atoms with Crippen LogP contribution in [0.5, 0.6) is 0 Å². The predicted molar refractivity (Wildman–Crippen MR) is 85.7 cm³/mol. The van der Waals surface area contributed by atoms with Gasteiger partial charge in [0, 0.05) is 38.8 Å². The maximum Gasteiger partial charge on any atom is 0.321 e. The molecule has 2 N–H and O–H groups in total. The molecule has 1 saturated heterocycles. The van der Waals surface area contributed by atoms with Crippen LogP contribution in [0.1, 0.15) is 11.6 Å². The second kappa shape index (κ2) is 5.93. The maximum absolute atomic E-state index is 12.6. The van der Waals surface area contributed by atoms with Gasteiger partial charge >= 0.3 is 6.03 Å². The molecule has 3 aromatic rings. The highest BCUT2D eigenvalue weighted by Crippen LogP contribution is 2.28. The third-order valence-electron chi connectivity index (χ3n) is 4.31. The lowest BCUT2D eigenvalue weighted by Gasteiger charge is -2.17. The van der Waals surface area contributed by atoms with Crippen molar-refractivity contribution in [3.05, 3.63) is 42.6 Å². The summed E-state index contributed by atoms with van der Waals surface area (Å²) in [5, 5.41) is 13.5. The predicted octanol–water partition coefficient (Wildman–Crippen LogP) is 1.10. The van der Waals surface area contributed by atoms with Crippen molar-refractivity contribution in [3.63, 3.8) is 0 Å². The summed E-state index contributed by atoms with van der Waals surface area (Å²) < 4.78 is 7.37. The van der Waals surface area contributed by atoms with Crippen LogP contribution < -0.4 is 5.32 Å². The van der Waals surface area contributed by atoms with Crippen LogP contribution >= 0.6 is 0 Å². The average molecular weight is 327 g/mol. The standard InChI is InChI=1S/C15H17N7O2/c1-24-13-9-22(8-11(13)12-6-17-20-19-12)15(23)18-10-2-3-14-16-4-5-21(14)7-10/h2-7,11,13H,8-9H2,1H3,(H,18,23)(H,17,19,20)/t11-,13+/m0/s1. The van der Waals surface area contributed by atoms with Crippen LogP contribution in [0.15, 0.2) is 36.9 Å². The van der Waals surface area contributed by atoms with Crippen LogP contribution in [0.25, 0.3) is 5.65 Å². The van der Waals surface area contributed by atoms with Gasteiger partial charge in [-0.05, 0) is 12.1 Å². The highest BCUT2D eigenvalue weighted by molar-refractivity contribution is 5.89. The highest BCUT2D eigenvalue weighted by atomic mass is 16.5. The number of hydrogen-bond acceptors (Lipinski definition) is 5. The van der Waals surface area contributed by atoms with E-state index in [9.17, 15) is 4.79 Å². The average Bonchev–Trinajstić information content (AvgIpc) is 3.32. The number of aromatic nitrogens is 5. The molecule has 0 saturated carbocycles. The number of H-pyrrole nitrogens is 1. The van der Waals surface area contributed by atoms with E-state index in [1.54, 1.807) is 24.4 Å². The van der Waals surface area contributed by atoms with E-state index in [1.165, 1.54) is 0 Å². The van der Waals surface area contributed by atoms with Crippen molar-refractivity contribution in [2.24, 2.45) is 0 Å². The fraction of sp³-hybridized carbons (Fsp3) is 0.333. The van der Waals surface area contributed by atoms with Gasteiger partial charge in [0.2, 0.25) is 0 Å². The molecule has 9 nitrogen and oxygen atoms in total. The molecule has 0 bridgehead atoms. The Morgan fingerprint density at radius 2 is 2.33 bits per heavy atom. The number of rotatable bonds is 3. The van der Waals surface area contributed by atoms with E-state index in [4.69, 9.17) is 4.74 Å². The van der Waals surface area contributed by atoms with Crippen molar-refractivity contribution < 1.29 is 9.53 Å². The zero-order chi connectivity index (χ0) is 16.5. The number of carbonyl (C=O) groups is 1. The van der Waals surface area contributed by atoms with Crippen molar-refractivity contribution in [3.8, 4) is 0 Å². The van der Waals surface area contributed by atoms with Crippen molar-refractivity contribution in [1.29, 1.82) is 0 Å². The van der Waals surface area contributed by atoms with Gasteiger partial charge in [-0.2, -0.15) is 15.4 Å². The minimum atomic E-state index is -0.164. The molecule has 1 aliphatic heterocycles. The van der Waals surface area contributed by atoms with E-state index in [0.29, 0.717) is 18.8 Å². The van der Waals surface area contributed by atoms with Gasteiger partial charge in [-0.15, -0.1) is 0 Å². The molecule has 9 heteroatoms. The van der Waals surface area contributed by atoms with Crippen LogP contribution in [-0.4, -0.2) is 62.0 Å². The molecule has 124 valence electrons. The second-order valence-corrected chi connectivity index (χ2v) is 5.72. The summed E-state index contributed by atoms with van der Waals surface area (Å²) in [6, 6.07) is 3.53. The Hall–Kier alpha value is -2.94. The third-order valence-corrected chi connectivity index (χ3v) is 4.31. The minimum absolute atomic E-state index is 0.00984. The highest BCUT2D eigenvalue weighted by Gasteiger charge is 2.37. The van der Waals surface area contributed by atoms with E-state index < -0.39 is 0 Å². The number of ether oxygens (including phenoxy) is 1. The number of anilines is 1. The smallest absolute Gasteiger partial charge is 0.321 e. The minimum Gasteiger partial charge on any atom is -0.379 e. The van der Waals surface area contributed by atoms with Gasteiger partial charge in [-0.3, -0.25) is 0 Å². The normalized spacial score (nSPS) is 20.6. The summed E-state index contributed by atoms with van der Waals surface area (Å²) in [7, 11) is 1.64. The molecule has 0 radical (unpaired) electrons. The molecule has 4 heterocycles. The summed E-state index contributed by atoms with van der Waals surface area (Å²) in [4.78, 5) is 18.5. The number of amides is 2. The van der Waals surface area contributed by atoms with Crippen LogP contribution in [-0.2, 0) is 4.74 Å². The van der Waals surface area contributed by atoms with E-state index in [0.717, 1.165) is 11.3 Å². The number of pyridine rings is 1. The molecule has 1 aliphatic rings. The van der Waals surface area contributed by atoms with Crippen molar-refractivity contribution in [2.75, 3.05) is 25.5 Å². The lowest BCUT2D eigenvalue weighted by atomic mass is 10.0. The molecule has 1 fully saturated rings. The molecule has 4 rings (SSSR count). The largest absolute Gasteiger partial charge is 0.379 e. The Bertz CT molecular complexity index is 845. The van der Waals surface area contributed by atoms with Crippen LogP contribution in [0.3, 0.4) is 0 Å². The van der Waals surface area contributed by atoms with E-state index in [1.807, 2.05) is 28.9 Å². The molecule has 2 amide bonds. The van der Waals surface area contributed by atoms with Gasteiger partial charge in [0.05, 0.1) is 29.6 Å². The Balaban J connectivity index is 1.48. The van der Waals surface area contributed by atoms with Gasteiger partial charge in [0.15, 0.2) is 0 Å². The molecule has 3 aromatic heterocycles. The molecule has 0 unspecified atom stereocenters. The molecule has 0 aliphatic carbocycles. The first-order chi connectivity index (χ1) is 11.7. The number of fused-ring (bicyclic) bond motifs is 1. The number of carbonyl (C=O) groups excluding carboxylic acids is 1. The number of nitrogens with zero attached hydrogens (tertiary/aromatic N) is 5. The molecule has 24 heavy (non-hydrogen) atoms. The molecule has 2 atom stereocenters. The molecular weight excluding hydrogens is 310 g/mol. The number of hydrogen-bond donors (Lipinski definition) is 2. The summed E-state index contributed by atoms with van der Waals surface area (Å²) in [5.74, 6) is 0.00984. The first-order valence-electron chi connectivity index (χ1n) is 7.61. The monoisotopic (exact) mass is 327 g/mol. The van der Waals surface area contributed by atoms with E-state index >= 15 is 0 Å².